The highest BCUT2D eigenvalue weighted by atomic mass is 32.2. The van der Waals surface area contributed by atoms with Gasteiger partial charge in [-0.1, -0.05) is 30.0 Å². The molecule has 0 aliphatic carbocycles. The number of hydrogen-bond acceptors (Lipinski definition) is 8. The van der Waals surface area contributed by atoms with Crippen molar-refractivity contribution in [1.29, 1.82) is 0 Å². The van der Waals surface area contributed by atoms with E-state index in [0.717, 1.165) is 11.8 Å². The van der Waals surface area contributed by atoms with E-state index >= 15 is 0 Å². The third-order valence-corrected chi connectivity index (χ3v) is 4.44. The minimum Gasteiger partial charge on any atom is -0.506 e. The van der Waals surface area contributed by atoms with Gasteiger partial charge in [-0.3, -0.25) is 10.1 Å². The molecule has 0 radical (unpaired) electrons. The topological polar surface area (TPSA) is 115 Å². The number of para-hydroxylation sites is 1. The first kappa shape index (κ1) is 18.5. The maximum atomic E-state index is 12.3. The van der Waals surface area contributed by atoms with Crippen LogP contribution >= 0.6 is 11.8 Å². The van der Waals surface area contributed by atoms with Gasteiger partial charge in [0.2, 0.25) is 0 Å². The highest BCUT2D eigenvalue weighted by Crippen LogP contribution is 2.40. The van der Waals surface area contributed by atoms with Crippen LogP contribution in [0.3, 0.4) is 0 Å². The Morgan fingerprint density at radius 3 is 2.70 bits per heavy atom. The van der Waals surface area contributed by atoms with Crippen molar-refractivity contribution in [2.45, 2.75) is 6.92 Å². The molecule has 0 saturated carbocycles. The lowest BCUT2D eigenvalue weighted by atomic mass is 10.2. The van der Waals surface area contributed by atoms with E-state index in [-0.39, 0.29) is 33.6 Å². The van der Waals surface area contributed by atoms with Gasteiger partial charge in [0.1, 0.15) is 27.1 Å². The van der Waals surface area contributed by atoms with Crippen LogP contribution in [0.5, 0.6) is 0 Å². The summed E-state index contributed by atoms with van der Waals surface area (Å²) in [5, 5.41) is 21.5. The number of aliphatic hydroxyl groups excluding tert-OH is 1. The van der Waals surface area contributed by atoms with Crippen LogP contribution in [0, 0.1) is 10.1 Å². The second-order valence-electron chi connectivity index (χ2n) is 5.24. The van der Waals surface area contributed by atoms with Gasteiger partial charge in [-0.25, -0.2) is 9.79 Å². The van der Waals surface area contributed by atoms with Crippen LogP contribution in [0.1, 0.15) is 12.7 Å². The van der Waals surface area contributed by atoms with Gasteiger partial charge in [0.15, 0.2) is 0 Å². The first-order valence-corrected chi connectivity index (χ1v) is 8.70. The summed E-state index contributed by atoms with van der Waals surface area (Å²) in [6.45, 7) is 1.80. The number of furan rings is 1. The Balaban J connectivity index is 2.01. The first-order valence-electron chi connectivity index (χ1n) is 7.88. The average Bonchev–Trinajstić information content (AvgIpc) is 3.22. The minimum atomic E-state index is -0.703. The molecule has 0 fully saturated rings. The van der Waals surface area contributed by atoms with Crippen LogP contribution in [0.25, 0.3) is 6.08 Å². The predicted molar refractivity (Wildman–Crippen MR) is 101 cm³/mol. The lowest BCUT2D eigenvalue weighted by Crippen LogP contribution is -2.12. The summed E-state index contributed by atoms with van der Waals surface area (Å²) in [6, 6.07) is 11.5. The number of aliphatic imine (C=N–C) groups is 1. The number of benzene rings is 1. The number of carbonyl (C=O) groups excluding carboxylic acids is 1. The summed E-state index contributed by atoms with van der Waals surface area (Å²) in [6.07, 6.45) is 1.40. The van der Waals surface area contributed by atoms with Crippen molar-refractivity contribution in [2.75, 3.05) is 6.61 Å². The number of nitro groups is 1. The van der Waals surface area contributed by atoms with E-state index in [0.29, 0.717) is 5.69 Å². The predicted octanol–water partition coefficient (Wildman–Crippen LogP) is 4.38. The molecule has 1 aromatic heterocycles. The summed E-state index contributed by atoms with van der Waals surface area (Å²) in [5.41, 5.74) is 0.544. The van der Waals surface area contributed by atoms with Gasteiger partial charge in [-0.2, -0.15) is 0 Å². The van der Waals surface area contributed by atoms with Gasteiger partial charge in [-0.05, 0) is 31.2 Å². The molecule has 0 spiro atoms. The Labute approximate surface area is 158 Å². The molecule has 0 atom stereocenters. The average molecular weight is 386 g/mol. The van der Waals surface area contributed by atoms with Gasteiger partial charge in [0.05, 0.1) is 23.3 Å². The van der Waals surface area contributed by atoms with Gasteiger partial charge >= 0.3 is 11.9 Å². The highest BCUT2D eigenvalue weighted by Gasteiger charge is 2.33. The number of rotatable bonds is 5. The van der Waals surface area contributed by atoms with E-state index in [2.05, 4.69) is 4.99 Å². The van der Waals surface area contributed by atoms with Crippen molar-refractivity contribution in [3.05, 3.63) is 74.6 Å². The van der Waals surface area contributed by atoms with Crippen molar-refractivity contribution in [2.24, 2.45) is 4.99 Å². The molecular formula is C18H14N2O6S. The fraction of sp³-hybridized carbons (Fsp3) is 0.111. The number of carbonyl (C=O) groups is 1. The quantitative estimate of drug-likeness (QED) is 0.460. The number of hydrogen-bond donors (Lipinski definition) is 1. The van der Waals surface area contributed by atoms with Crippen molar-refractivity contribution in [3.63, 3.8) is 0 Å². The molecule has 8 nitrogen and oxygen atoms in total. The summed E-state index contributed by atoms with van der Waals surface area (Å²) in [4.78, 5) is 27.0. The Morgan fingerprint density at radius 2 is 2.07 bits per heavy atom. The van der Waals surface area contributed by atoms with Gasteiger partial charge < -0.3 is 14.3 Å². The van der Waals surface area contributed by atoms with E-state index in [1.54, 1.807) is 31.2 Å². The minimum absolute atomic E-state index is 0.0574. The summed E-state index contributed by atoms with van der Waals surface area (Å²) >= 11 is 1.04. The largest absolute Gasteiger partial charge is 0.506 e. The van der Waals surface area contributed by atoms with Gasteiger partial charge in [0, 0.05) is 0 Å². The standard InChI is InChI=1S/C18H14N2O6S/c1-2-25-18(22)15-16(21)13(10-12-8-9-14(26-12)20(23)24)27-17(15)19-11-6-4-3-5-7-11/h3-10,21H,2H2,1H3/b13-10+,19-17?. The van der Waals surface area contributed by atoms with Crippen LogP contribution in [-0.2, 0) is 9.53 Å². The third-order valence-electron chi connectivity index (χ3n) is 3.42. The zero-order valence-corrected chi connectivity index (χ0v) is 14.9. The zero-order chi connectivity index (χ0) is 19.4. The first-order chi connectivity index (χ1) is 13.0. The van der Waals surface area contributed by atoms with Gasteiger partial charge in [-0.15, -0.1) is 0 Å². The molecule has 0 saturated heterocycles. The highest BCUT2D eigenvalue weighted by molar-refractivity contribution is 8.18. The Bertz CT molecular complexity index is 975. The van der Waals surface area contributed by atoms with Crippen LogP contribution in [0.15, 0.2) is 68.1 Å². The molecule has 3 rings (SSSR count). The molecule has 1 aromatic carbocycles. The van der Waals surface area contributed by atoms with E-state index < -0.39 is 16.8 Å². The van der Waals surface area contributed by atoms with Crippen LogP contribution in [0.4, 0.5) is 11.6 Å². The second-order valence-corrected chi connectivity index (χ2v) is 6.27. The maximum absolute atomic E-state index is 12.3. The van der Waals surface area contributed by atoms with Crippen molar-refractivity contribution in [3.8, 4) is 0 Å². The lowest BCUT2D eigenvalue weighted by molar-refractivity contribution is -0.402. The Kier molecular flexibility index (Phi) is 5.41. The SMILES string of the molecule is CCOC(=O)C1=C(O)/C(=C\c2ccc([N+](=O)[O-])o2)SC1=Nc1ccccc1. The molecule has 0 amide bonds. The number of nitrogens with zero attached hydrogens (tertiary/aromatic N) is 2. The van der Waals surface area contributed by atoms with Crippen LogP contribution in [0.2, 0.25) is 0 Å². The molecule has 0 bridgehead atoms. The number of esters is 1. The van der Waals surface area contributed by atoms with Crippen molar-refractivity contribution >= 4 is 40.4 Å². The molecule has 9 heteroatoms. The Hall–Kier alpha value is -3.33. The molecular weight excluding hydrogens is 372 g/mol. The smallest absolute Gasteiger partial charge is 0.433 e. The molecule has 1 N–H and O–H groups in total. The van der Waals surface area contributed by atoms with E-state index in [1.807, 2.05) is 6.07 Å². The lowest BCUT2D eigenvalue weighted by Gasteiger charge is -2.03. The summed E-state index contributed by atoms with van der Waals surface area (Å²) < 4.78 is 10.1. The second kappa shape index (κ2) is 7.92. The molecule has 1 aliphatic heterocycles. The van der Waals surface area contributed by atoms with Crippen LogP contribution in [-0.4, -0.2) is 27.6 Å². The fourth-order valence-corrected chi connectivity index (χ4v) is 3.27. The fourth-order valence-electron chi connectivity index (χ4n) is 2.26. The van der Waals surface area contributed by atoms with Gasteiger partial charge in [0.25, 0.3) is 0 Å². The molecule has 2 aromatic rings. The van der Waals surface area contributed by atoms with E-state index in [1.165, 1.54) is 18.2 Å². The van der Waals surface area contributed by atoms with Crippen molar-refractivity contribution in [1.82, 2.24) is 0 Å². The summed E-state index contributed by atoms with van der Waals surface area (Å²) in [7, 11) is 0. The maximum Gasteiger partial charge on any atom is 0.433 e. The molecule has 138 valence electrons. The Morgan fingerprint density at radius 1 is 1.33 bits per heavy atom. The zero-order valence-electron chi connectivity index (χ0n) is 14.1. The molecule has 0 unspecified atom stereocenters. The molecule has 27 heavy (non-hydrogen) atoms. The molecule has 1 aliphatic rings. The van der Waals surface area contributed by atoms with E-state index in [9.17, 15) is 20.0 Å². The van der Waals surface area contributed by atoms with E-state index in [4.69, 9.17) is 9.15 Å². The number of thioether (sulfide) groups is 1. The summed E-state index contributed by atoms with van der Waals surface area (Å²) in [5.74, 6) is -1.27. The normalized spacial score (nSPS) is 16.9. The number of ether oxygens (including phenoxy) is 1. The monoisotopic (exact) mass is 386 g/mol. The third kappa shape index (κ3) is 4.09. The van der Waals surface area contributed by atoms with Crippen LogP contribution < -0.4 is 0 Å². The molecule has 2 heterocycles. The van der Waals surface area contributed by atoms with Crippen molar-refractivity contribution < 1.29 is 24.0 Å². The number of aliphatic hydroxyl groups is 1.